The van der Waals surface area contributed by atoms with Crippen molar-refractivity contribution >= 4 is 27.8 Å². The molecule has 1 fully saturated rings. The number of nitrogens with zero attached hydrogens (tertiary/aromatic N) is 1. The van der Waals surface area contributed by atoms with Crippen LogP contribution < -0.4 is 0 Å². The molecule has 0 N–H and O–H groups in total. The minimum absolute atomic E-state index is 0.197. The lowest BCUT2D eigenvalue weighted by atomic mass is 10.1. The van der Waals surface area contributed by atoms with Gasteiger partial charge in [-0.3, -0.25) is 4.79 Å². The molecule has 6 heteroatoms. The van der Waals surface area contributed by atoms with Crippen molar-refractivity contribution in [2.45, 2.75) is 25.3 Å². The van der Waals surface area contributed by atoms with E-state index in [1.54, 1.807) is 14.0 Å². The SMILES string of the molecule is CCOC(=O)C1(N(C)C(=O)c2cc(F)ccc2Br)CC1. The molecule has 1 aromatic rings. The van der Waals surface area contributed by atoms with Gasteiger partial charge in [0, 0.05) is 11.5 Å². The van der Waals surface area contributed by atoms with E-state index in [1.165, 1.54) is 17.0 Å². The zero-order valence-corrected chi connectivity index (χ0v) is 12.9. The van der Waals surface area contributed by atoms with E-state index in [0.29, 0.717) is 17.3 Å². The Morgan fingerprint density at radius 1 is 1.45 bits per heavy atom. The van der Waals surface area contributed by atoms with Gasteiger partial charge in [-0.25, -0.2) is 9.18 Å². The largest absolute Gasteiger partial charge is 0.464 e. The van der Waals surface area contributed by atoms with Gasteiger partial charge in [-0.1, -0.05) is 0 Å². The van der Waals surface area contributed by atoms with Gasteiger partial charge in [0.1, 0.15) is 11.4 Å². The molecule has 1 aromatic carbocycles. The molecular weight excluding hydrogens is 329 g/mol. The number of esters is 1. The quantitative estimate of drug-likeness (QED) is 0.789. The summed E-state index contributed by atoms with van der Waals surface area (Å²) in [5.41, 5.74) is -0.693. The van der Waals surface area contributed by atoms with Crippen LogP contribution in [0.2, 0.25) is 0 Å². The summed E-state index contributed by atoms with van der Waals surface area (Å²) in [6.45, 7) is 1.99. The Balaban J connectivity index is 2.25. The van der Waals surface area contributed by atoms with Crippen molar-refractivity contribution in [1.82, 2.24) is 4.90 Å². The van der Waals surface area contributed by atoms with Crippen LogP contribution in [0, 0.1) is 5.82 Å². The number of benzene rings is 1. The maximum absolute atomic E-state index is 13.3. The first-order chi connectivity index (χ1) is 9.42. The third-order valence-corrected chi connectivity index (χ3v) is 4.18. The first-order valence-corrected chi connectivity index (χ1v) is 7.12. The topological polar surface area (TPSA) is 46.6 Å². The van der Waals surface area contributed by atoms with E-state index in [-0.39, 0.29) is 12.2 Å². The highest BCUT2D eigenvalue weighted by molar-refractivity contribution is 9.10. The van der Waals surface area contributed by atoms with Gasteiger partial charge in [-0.2, -0.15) is 0 Å². The van der Waals surface area contributed by atoms with Crippen molar-refractivity contribution in [2.75, 3.05) is 13.7 Å². The predicted octanol–water partition coefficient (Wildman–Crippen LogP) is 2.76. The lowest BCUT2D eigenvalue weighted by Crippen LogP contribution is -2.45. The van der Waals surface area contributed by atoms with Crippen molar-refractivity contribution in [1.29, 1.82) is 0 Å². The Morgan fingerprint density at radius 2 is 2.10 bits per heavy atom. The van der Waals surface area contributed by atoms with Crippen LogP contribution in [0.3, 0.4) is 0 Å². The number of carbonyl (C=O) groups excluding carboxylic acids is 2. The van der Waals surface area contributed by atoms with Gasteiger partial charge in [-0.15, -0.1) is 0 Å². The van der Waals surface area contributed by atoms with E-state index < -0.39 is 23.2 Å². The molecule has 4 nitrogen and oxygen atoms in total. The summed E-state index contributed by atoms with van der Waals surface area (Å²) in [7, 11) is 1.55. The van der Waals surface area contributed by atoms with Gasteiger partial charge in [0.15, 0.2) is 0 Å². The molecule has 0 aliphatic heterocycles. The van der Waals surface area contributed by atoms with Crippen molar-refractivity contribution in [3.05, 3.63) is 34.1 Å². The van der Waals surface area contributed by atoms with E-state index in [1.807, 2.05) is 0 Å². The normalized spacial score (nSPS) is 15.6. The number of halogens is 2. The maximum atomic E-state index is 13.3. The Morgan fingerprint density at radius 3 is 2.65 bits per heavy atom. The lowest BCUT2D eigenvalue weighted by Gasteiger charge is -2.26. The standard InChI is InChI=1S/C14H15BrFNO3/c1-3-20-13(19)14(6-7-14)17(2)12(18)10-8-9(16)4-5-11(10)15/h4-5,8H,3,6-7H2,1-2H3. The fourth-order valence-corrected chi connectivity index (χ4v) is 2.51. The molecule has 0 heterocycles. The Hall–Kier alpha value is -1.43. The number of ether oxygens (including phenoxy) is 1. The molecule has 0 spiro atoms. The smallest absolute Gasteiger partial charge is 0.332 e. The zero-order valence-electron chi connectivity index (χ0n) is 11.3. The van der Waals surface area contributed by atoms with Gasteiger partial charge < -0.3 is 9.64 Å². The molecule has 108 valence electrons. The molecule has 1 aliphatic carbocycles. The van der Waals surface area contributed by atoms with E-state index in [4.69, 9.17) is 4.74 Å². The van der Waals surface area contributed by atoms with Crippen LogP contribution in [0.4, 0.5) is 4.39 Å². The van der Waals surface area contributed by atoms with Gasteiger partial charge in [0.25, 0.3) is 5.91 Å². The molecule has 0 aromatic heterocycles. The maximum Gasteiger partial charge on any atom is 0.332 e. The first kappa shape index (κ1) is 15.0. The van der Waals surface area contributed by atoms with Crippen molar-refractivity contribution in [3.8, 4) is 0 Å². The zero-order chi connectivity index (χ0) is 14.9. The van der Waals surface area contributed by atoms with Gasteiger partial charge in [0.05, 0.1) is 12.2 Å². The third kappa shape index (κ3) is 2.57. The second-order valence-electron chi connectivity index (χ2n) is 4.74. The number of hydrogen-bond donors (Lipinski definition) is 0. The molecule has 1 amide bonds. The minimum Gasteiger partial charge on any atom is -0.464 e. The van der Waals surface area contributed by atoms with Crippen molar-refractivity contribution in [3.63, 3.8) is 0 Å². The first-order valence-electron chi connectivity index (χ1n) is 6.33. The summed E-state index contributed by atoms with van der Waals surface area (Å²) < 4.78 is 18.8. The second kappa shape index (κ2) is 5.52. The van der Waals surface area contributed by atoms with E-state index in [9.17, 15) is 14.0 Å². The van der Waals surface area contributed by atoms with Gasteiger partial charge in [0.2, 0.25) is 0 Å². The number of carbonyl (C=O) groups is 2. The summed E-state index contributed by atoms with van der Waals surface area (Å²) >= 11 is 3.22. The summed E-state index contributed by atoms with van der Waals surface area (Å²) in [5, 5.41) is 0. The van der Waals surface area contributed by atoms with Gasteiger partial charge in [-0.05, 0) is 53.9 Å². The fraction of sp³-hybridized carbons (Fsp3) is 0.429. The lowest BCUT2D eigenvalue weighted by molar-refractivity contribution is -0.149. The van der Waals surface area contributed by atoms with Crippen LogP contribution in [-0.2, 0) is 9.53 Å². The second-order valence-corrected chi connectivity index (χ2v) is 5.59. The molecule has 0 radical (unpaired) electrons. The highest BCUT2D eigenvalue weighted by Gasteiger charge is 2.56. The van der Waals surface area contributed by atoms with Crippen molar-refractivity contribution < 1.29 is 18.7 Å². The Labute approximate surface area is 125 Å². The molecule has 1 saturated carbocycles. The van der Waals surface area contributed by atoms with Crippen LogP contribution >= 0.6 is 15.9 Å². The highest BCUT2D eigenvalue weighted by atomic mass is 79.9. The number of hydrogen-bond acceptors (Lipinski definition) is 3. The predicted molar refractivity (Wildman–Crippen MR) is 74.8 cm³/mol. The average Bonchev–Trinajstić information content (AvgIpc) is 3.22. The number of rotatable bonds is 4. The highest BCUT2D eigenvalue weighted by Crippen LogP contribution is 2.43. The summed E-state index contributed by atoms with van der Waals surface area (Å²) in [5.74, 6) is -1.30. The molecule has 0 unspecified atom stereocenters. The van der Waals surface area contributed by atoms with Crippen LogP contribution in [0.5, 0.6) is 0 Å². The molecule has 2 rings (SSSR count). The van der Waals surface area contributed by atoms with Crippen LogP contribution in [0.25, 0.3) is 0 Å². The van der Waals surface area contributed by atoms with Gasteiger partial charge >= 0.3 is 5.97 Å². The molecule has 0 bridgehead atoms. The summed E-state index contributed by atoms with van der Waals surface area (Å²) in [6.07, 6.45) is 1.14. The molecule has 1 aliphatic rings. The minimum atomic E-state index is -0.890. The molecule has 0 saturated heterocycles. The summed E-state index contributed by atoms with van der Waals surface area (Å²) in [6, 6.07) is 3.89. The van der Waals surface area contributed by atoms with E-state index in [0.717, 1.165) is 6.07 Å². The molecular formula is C14H15BrFNO3. The monoisotopic (exact) mass is 343 g/mol. The summed E-state index contributed by atoms with van der Waals surface area (Å²) in [4.78, 5) is 25.7. The van der Waals surface area contributed by atoms with E-state index >= 15 is 0 Å². The van der Waals surface area contributed by atoms with Crippen LogP contribution in [0.15, 0.2) is 22.7 Å². The number of likely N-dealkylation sites (N-methyl/N-ethyl adjacent to an activating group) is 1. The van der Waals surface area contributed by atoms with Crippen LogP contribution in [0.1, 0.15) is 30.1 Å². The molecule has 20 heavy (non-hydrogen) atoms. The number of amides is 1. The van der Waals surface area contributed by atoms with Crippen molar-refractivity contribution in [2.24, 2.45) is 0 Å². The Bertz CT molecular complexity index is 557. The van der Waals surface area contributed by atoms with Crippen LogP contribution in [-0.4, -0.2) is 36.0 Å². The molecule has 0 atom stereocenters. The van der Waals surface area contributed by atoms with E-state index in [2.05, 4.69) is 15.9 Å². The Kier molecular flexibility index (Phi) is 4.13. The fourth-order valence-electron chi connectivity index (χ4n) is 2.10. The average molecular weight is 344 g/mol. The third-order valence-electron chi connectivity index (χ3n) is 3.48.